The molecule has 0 aliphatic carbocycles. The van der Waals surface area contributed by atoms with Gasteiger partial charge in [0.15, 0.2) is 0 Å². The molecule has 1 fully saturated rings. The molecule has 32 heavy (non-hydrogen) atoms. The zero-order chi connectivity index (χ0) is 22.3. The molecule has 1 N–H and O–H groups in total. The normalized spacial score (nSPS) is 15.9. The summed E-state index contributed by atoms with van der Waals surface area (Å²) < 4.78 is 12.5. The predicted octanol–water partition coefficient (Wildman–Crippen LogP) is 3.75. The molecule has 1 aliphatic heterocycles. The van der Waals surface area contributed by atoms with Crippen molar-refractivity contribution in [1.82, 2.24) is 15.1 Å². The first kappa shape index (κ1) is 21.3. The number of aromatic nitrogens is 2. The summed E-state index contributed by atoms with van der Waals surface area (Å²) in [5, 5.41) is 17.2. The van der Waals surface area contributed by atoms with Gasteiger partial charge in [-0.2, -0.15) is 10.4 Å². The Labute approximate surface area is 186 Å². The van der Waals surface area contributed by atoms with Gasteiger partial charge in [0.05, 0.1) is 24.6 Å². The molecule has 0 unspecified atom stereocenters. The number of hydrogen-bond acceptors (Lipinski definition) is 5. The van der Waals surface area contributed by atoms with Gasteiger partial charge in [-0.15, -0.1) is 0 Å². The van der Waals surface area contributed by atoms with E-state index in [1.165, 1.54) is 0 Å². The van der Waals surface area contributed by atoms with E-state index in [-0.39, 0.29) is 11.7 Å². The molecular weight excluding hydrogens is 404 g/mol. The van der Waals surface area contributed by atoms with E-state index in [2.05, 4.69) is 5.32 Å². The predicted molar refractivity (Wildman–Crippen MR) is 121 cm³/mol. The number of para-hydroxylation sites is 1. The molecule has 1 aliphatic rings. The van der Waals surface area contributed by atoms with Gasteiger partial charge in [0.25, 0.3) is 5.91 Å². The lowest BCUT2D eigenvalue weighted by molar-refractivity contribution is -0.117. The summed E-state index contributed by atoms with van der Waals surface area (Å²) in [5.74, 6) is 0.315. The van der Waals surface area contributed by atoms with Crippen LogP contribution in [0.4, 0.5) is 0 Å². The smallest absolute Gasteiger partial charge is 0.262 e. The first-order valence-corrected chi connectivity index (χ1v) is 10.5. The number of nitriles is 1. The number of methoxy groups -OCH3 is 1. The molecule has 1 atom stereocenters. The standard InChI is InChI=1S/C25H24N4O3/c1-31-22-11-9-18(10-12-22)24-20(17-29(28-24)21-6-3-2-4-7-21)14-19(15-26)25(30)27-16-23-8-5-13-32-23/h2-4,6-7,9-12,14,17,23H,5,8,13,16H2,1H3,(H,27,30)/b19-14+/t23-/m1/s1. The number of hydrogen-bond donors (Lipinski definition) is 1. The van der Waals surface area contributed by atoms with Crippen LogP contribution in [-0.2, 0) is 9.53 Å². The maximum Gasteiger partial charge on any atom is 0.262 e. The molecule has 0 radical (unpaired) electrons. The molecule has 2 heterocycles. The van der Waals surface area contributed by atoms with Gasteiger partial charge >= 0.3 is 0 Å². The van der Waals surface area contributed by atoms with Crippen molar-refractivity contribution in [3.8, 4) is 28.8 Å². The maximum atomic E-state index is 12.6. The zero-order valence-electron chi connectivity index (χ0n) is 17.8. The lowest BCUT2D eigenvalue weighted by atomic mass is 10.1. The van der Waals surface area contributed by atoms with Gasteiger partial charge in [0, 0.05) is 30.5 Å². The van der Waals surface area contributed by atoms with Crippen molar-refractivity contribution >= 4 is 12.0 Å². The summed E-state index contributed by atoms with van der Waals surface area (Å²) in [5.41, 5.74) is 3.08. The minimum absolute atomic E-state index is 0.00887. The Morgan fingerprint density at radius 2 is 2.06 bits per heavy atom. The number of rotatable bonds is 7. The average Bonchev–Trinajstić information content (AvgIpc) is 3.52. The van der Waals surface area contributed by atoms with E-state index >= 15 is 0 Å². The fourth-order valence-corrected chi connectivity index (χ4v) is 3.59. The molecule has 4 rings (SSSR count). The van der Waals surface area contributed by atoms with E-state index in [1.54, 1.807) is 17.9 Å². The van der Waals surface area contributed by atoms with Crippen LogP contribution in [0.5, 0.6) is 5.75 Å². The lowest BCUT2D eigenvalue weighted by Gasteiger charge is -2.10. The van der Waals surface area contributed by atoms with Crippen molar-refractivity contribution < 1.29 is 14.3 Å². The molecule has 3 aromatic rings. The van der Waals surface area contributed by atoms with Crippen molar-refractivity contribution in [2.75, 3.05) is 20.3 Å². The molecule has 1 aromatic heterocycles. The fraction of sp³-hybridized carbons (Fsp3) is 0.240. The van der Waals surface area contributed by atoms with Gasteiger partial charge in [-0.3, -0.25) is 4.79 Å². The highest BCUT2D eigenvalue weighted by Crippen LogP contribution is 2.27. The maximum absolute atomic E-state index is 12.6. The minimum atomic E-state index is -0.420. The first-order valence-electron chi connectivity index (χ1n) is 10.5. The van der Waals surface area contributed by atoms with Crippen LogP contribution in [0.3, 0.4) is 0 Å². The van der Waals surface area contributed by atoms with E-state index in [4.69, 9.17) is 14.6 Å². The van der Waals surface area contributed by atoms with Crippen molar-refractivity contribution in [2.45, 2.75) is 18.9 Å². The van der Waals surface area contributed by atoms with Crippen LogP contribution in [0.1, 0.15) is 18.4 Å². The molecule has 0 saturated carbocycles. The van der Waals surface area contributed by atoms with E-state index in [9.17, 15) is 10.1 Å². The molecular formula is C25H24N4O3. The second kappa shape index (κ2) is 9.94. The van der Waals surface area contributed by atoms with E-state index < -0.39 is 5.91 Å². The third-order valence-corrected chi connectivity index (χ3v) is 5.31. The Morgan fingerprint density at radius 3 is 2.72 bits per heavy atom. The van der Waals surface area contributed by atoms with Crippen molar-refractivity contribution in [1.29, 1.82) is 5.26 Å². The number of carbonyl (C=O) groups is 1. The SMILES string of the molecule is COc1ccc(-c2nn(-c3ccccc3)cc2/C=C(\C#N)C(=O)NC[C@H]2CCCO2)cc1. The first-order chi connectivity index (χ1) is 15.7. The molecule has 0 bridgehead atoms. The van der Waals surface area contributed by atoms with Gasteiger partial charge in [-0.1, -0.05) is 18.2 Å². The molecule has 7 nitrogen and oxygen atoms in total. The minimum Gasteiger partial charge on any atom is -0.497 e. The van der Waals surface area contributed by atoms with Crippen molar-refractivity contribution in [3.05, 3.63) is 71.9 Å². The van der Waals surface area contributed by atoms with E-state index in [1.807, 2.05) is 66.9 Å². The number of carbonyl (C=O) groups excluding carboxylic acids is 1. The average molecular weight is 428 g/mol. The molecule has 7 heteroatoms. The Morgan fingerprint density at radius 1 is 1.28 bits per heavy atom. The van der Waals surface area contributed by atoms with Crippen LogP contribution >= 0.6 is 0 Å². The highest BCUT2D eigenvalue weighted by molar-refractivity contribution is 6.02. The van der Waals surface area contributed by atoms with Crippen LogP contribution < -0.4 is 10.1 Å². The highest BCUT2D eigenvalue weighted by atomic mass is 16.5. The number of nitrogens with one attached hydrogen (secondary N) is 1. The van der Waals surface area contributed by atoms with Gasteiger partial charge in [-0.05, 0) is 55.3 Å². The zero-order valence-corrected chi connectivity index (χ0v) is 17.8. The van der Waals surface area contributed by atoms with Crippen molar-refractivity contribution in [2.24, 2.45) is 0 Å². The summed E-state index contributed by atoms with van der Waals surface area (Å²) >= 11 is 0. The van der Waals surface area contributed by atoms with E-state index in [0.29, 0.717) is 24.4 Å². The number of amides is 1. The van der Waals surface area contributed by atoms with Crippen LogP contribution in [0, 0.1) is 11.3 Å². The Hall–Kier alpha value is -3.89. The van der Waals surface area contributed by atoms with Crippen LogP contribution in [-0.4, -0.2) is 42.1 Å². The highest BCUT2D eigenvalue weighted by Gasteiger charge is 2.19. The molecule has 0 spiro atoms. The van der Waals surface area contributed by atoms with Crippen LogP contribution in [0.2, 0.25) is 0 Å². The van der Waals surface area contributed by atoms with Crippen LogP contribution in [0.25, 0.3) is 23.0 Å². The third kappa shape index (κ3) is 4.88. The second-order valence-corrected chi connectivity index (χ2v) is 7.46. The number of ether oxygens (including phenoxy) is 2. The van der Waals surface area contributed by atoms with Crippen LogP contribution in [0.15, 0.2) is 66.4 Å². The molecule has 162 valence electrons. The quantitative estimate of drug-likeness (QED) is 0.457. The topological polar surface area (TPSA) is 89.2 Å². The van der Waals surface area contributed by atoms with Gasteiger partial charge in [0.2, 0.25) is 0 Å². The van der Waals surface area contributed by atoms with Crippen molar-refractivity contribution in [3.63, 3.8) is 0 Å². The molecule has 1 amide bonds. The number of benzene rings is 2. The summed E-state index contributed by atoms with van der Waals surface area (Å²) in [4.78, 5) is 12.6. The number of nitrogens with zero attached hydrogens (tertiary/aromatic N) is 3. The third-order valence-electron chi connectivity index (χ3n) is 5.31. The Balaban J connectivity index is 1.67. The van der Waals surface area contributed by atoms with Gasteiger partial charge < -0.3 is 14.8 Å². The lowest BCUT2D eigenvalue weighted by Crippen LogP contribution is -2.32. The Kier molecular flexibility index (Phi) is 6.63. The Bertz CT molecular complexity index is 1140. The fourth-order valence-electron chi connectivity index (χ4n) is 3.59. The van der Waals surface area contributed by atoms with Gasteiger partial charge in [-0.25, -0.2) is 4.68 Å². The molecule has 2 aromatic carbocycles. The largest absolute Gasteiger partial charge is 0.497 e. The van der Waals surface area contributed by atoms with E-state index in [0.717, 1.165) is 29.8 Å². The summed E-state index contributed by atoms with van der Waals surface area (Å²) in [6.45, 7) is 1.11. The summed E-state index contributed by atoms with van der Waals surface area (Å²) in [6.07, 6.45) is 5.31. The van der Waals surface area contributed by atoms with Gasteiger partial charge in [0.1, 0.15) is 17.4 Å². The summed E-state index contributed by atoms with van der Waals surface area (Å²) in [7, 11) is 1.61. The second-order valence-electron chi connectivity index (χ2n) is 7.46. The molecule has 1 saturated heterocycles. The monoisotopic (exact) mass is 428 g/mol. The summed E-state index contributed by atoms with van der Waals surface area (Å²) in [6, 6.07) is 19.2.